The van der Waals surface area contributed by atoms with Gasteiger partial charge in [-0.25, -0.2) is 4.79 Å². The molecule has 0 bridgehead atoms. The van der Waals surface area contributed by atoms with Crippen LogP contribution in [0, 0.1) is 5.92 Å². The van der Waals surface area contributed by atoms with Gasteiger partial charge in [0.2, 0.25) is 11.8 Å². The van der Waals surface area contributed by atoms with Crippen molar-refractivity contribution in [2.75, 3.05) is 29.5 Å². The molecule has 2 heterocycles. The molecule has 144 valence electrons. The average Bonchev–Trinajstić information content (AvgIpc) is 3.31. The van der Waals surface area contributed by atoms with E-state index in [9.17, 15) is 14.4 Å². The highest BCUT2D eigenvalue weighted by molar-refractivity contribution is 6.05. The number of anilines is 2. The molecule has 2 aromatic rings. The molecule has 2 aliphatic rings. The maximum Gasteiger partial charge on any atom is 0.338 e. The molecule has 0 saturated carbocycles. The quantitative estimate of drug-likeness (QED) is 0.768. The standard InChI is InChI=1S/C22H22N2O4/c1-2-28-22(27)16-7-9-18(10-8-16)24-14-17(13-20(24)25)21(26)23-12-11-15-5-3-4-6-19(15)23/h3-10,17H,2,11-14H2,1H3. The summed E-state index contributed by atoms with van der Waals surface area (Å²) in [6.45, 7) is 3.09. The minimum Gasteiger partial charge on any atom is -0.462 e. The van der Waals surface area contributed by atoms with E-state index in [1.165, 1.54) is 5.56 Å². The molecule has 2 aromatic carbocycles. The van der Waals surface area contributed by atoms with Crippen molar-refractivity contribution < 1.29 is 19.1 Å². The summed E-state index contributed by atoms with van der Waals surface area (Å²) in [6.07, 6.45) is 1.05. The first-order valence-corrected chi connectivity index (χ1v) is 9.55. The van der Waals surface area contributed by atoms with Crippen LogP contribution in [-0.4, -0.2) is 37.5 Å². The number of esters is 1. The number of ether oxygens (including phenoxy) is 1. The first-order valence-electron chi connectivity index (χ1n) is 9.55. The monoisotopic (exact) mass is 378 g/mol. The van der Waals surface area contributed by atoms with E-state index in [0.717, 1.165) is 12.1 Å². The van der Waals surface area contributed by atoms with Crippen LogP contribution >= 0.6 is 0 Å². The largest absolute Gasteiger partial charge is 0.462 e. The van der Waals surface area contributed by atoms with Gasteiger partial charge in [-0.05, 0) is 49.2 Å². The molecule has 1 saturated heterocycles. The summed E-state index contributed by atoms with van der Waals surface area (Å²) in [5.74, 6) is -0.815. The van der Waals surface area contributed by atoms with Crippen molar-refractivity contribution in [3.05, 3.63) is 59.7 Å². The number of rotatable bonds is 4. The molecule has 0 aliphatic carbocycles. The maximum atomic E-state index is 13.0. The normalized spacial score (nSPS) is 18.3. The summed E-state index contributed by atoms with van der Waals surface area (Å²) >= 11 is 0. The maximum absolute atomic E-state index is 13.0. The molecule has 1 unspecified atom stereocenters. The number of amides is 2. The Morgan fingerprint density at radius 1 is 1.11 bits per heavy atom. The van der Waals surface area contributed by atoms with Gasteiger partial charge >= 0.3 is 5.97 Å². The number of hydrogen-bond acceptors (Lipinski definition) is 4. The van der Waals surface area contributed by atoms with Crippen LogP contribution in [0.2, 0.25) is 0 Å². The number of fused-ring (bicyclic) bond motifs is 1. The molecule has 0 radical (unpaired) electrons. The molecule has 1 atom stereocenters. The zero-order valence-electron chi connectivity index (χ0n) is 15.8. The van der Waals surface area contributed by atoms with Gasteiger partial charge in [0.05, 0.1) is 18.1 Å². The second kappa shape index (κ2) is 7.46. The second-order valence-electron chi connectivity index (χ2n) is 7.04. The Bertz CT molecular complexity index is 922. The van der Waals surface area contributed by atoms with E-state index in [1.807, 2.05) is 24.3 Å². The first-order chi connectivity index (χ1) is 13.6. The molecular weight excluding hydrogens is 356 g/mol. The Morgan fingerprint density at radius 2 is 1.86 bits per heavy atom. The third-order valence-electron chi connectivity index (χ3n) is 5.32. The molecule has 0 aromatic heterocycles. The van der Waals surface area contributed by atoms with E-state index in [2.05, 4.69) is 0 Å². The van der Waals surface area contributed by atoms with E-state index in [-0.39, 0.29) is 30.1 Å². The number of para-hydroxylation sites is 1. The number of carbonyl (C=O) groups excluding carboxylic acids is 3. The van der Waals surface area contributed by atoms with E-state index in [1.54, 1.807) is 41.0 Å². The van der Waals surface area contributed by atoms with Gasteiger partial charge in [0.15, 0.2) is 0 Å². The minimum atomic E-state index is -0.387. The molecule has 0 N–H and O–H groups in total. The highest BCUT2D eigenvalue weighted by atomic mass is 16.5. The lowest BCUT2D eigenvalue weighted by molar-refractivity contribution is -0.124. The lowest BCUT2D eigenvalue weighted by Gasteiger charge is -2.21. The Hall–Kier alpha value is -3.15. The predicted octanol–water partition coefficient (Wildman–Crippen LogP) is 2.81. The summed E-state index contributed by atoms with van der Waals surface area (Å²) in [4.78, 5) is 40.8. The van der Waals surface area contributed by atoms with E-state index >= 15 is 0 Å². The van der Waals surface area contributed by atoms with Crippen molar-refractivity contribution >= 4 is 29.2 Å². The van der Waals surface area contributed by atoms with Crippen LogP contribution in [0.5, 0.6) is 0 Å². The Labute approximate surface area is 163 Å². The third-order valence-corrected chi connectivity index (χ3v) is 5.32. The minimum absolute atomic E-state index is 0.00365. The molecule has 6 heteroatoms. The average molecular weight is 378 g/mol. The fourth-order valence-corrected chi connectivity index (χ4v) is 3.90. The van der Waals surface area contributed by atoms with Crippen LogP contribution in [0.25, 0.3) is 0 Å². The molecule has 2 aliphatic heterocycles. The fraction of sp³-hybridized carbons (Fsp3) is 0.318. The highest BCUT2D eigenvalue weighted by Gasteiger charge is 2.39. The Balaban J connectivity index is 1.47. The van der Waals surface area contributed by atoms with Crippen LogP contribution < -0.4 is 9.80 Å². The molecular formula is C22H22N2O4. The van der Waals surface area contributed by atoms with Gasteiger partial charge in [0.25, 0.3) is 0 Å². The van der Waals surface area contributed by atoms with Gasteiger partial charge in [0.1, 0.15) is 0 Å². The fourth-order valence-electron chi connectivity index (χ4n) is 3.90. The summed E-state index contributed by atoms with van der Waals surface area (Å²) in [6, 6.07) is 14.7. The van der Waals surface area contributed by atoms with Crippen molar-refractivity contribution in [1.82, 2.24) is 0 Å². The van der Waals surface area contributed by atoms with E-state index in [4.69, 9.17) is 4.74 Å². The Kier molecular flexibility index (Phi) is 4.86. The van der Waals surface area contributed by atoms with Crippen molar-refractivity contribution in [2.24, 2.45) is 5.92 Å². The predicted molar refractivity (Wildman–Crippen MR) is 105 cm³/mol. The number of carbonyl (C=O) groups is 3. The third kappa shape index (κ3) is 3.26. The van der Waals surface area contributed by atoms with Crippen molar-refractivity contribution in [2.45, 2.75) is 19.8 Å². The molecule has 4 rings (SSSR count). The van der Waals surface area contributed by atoms with Crippen LogP contribution in [0.4, 0.5) is 11.4 Å². The highest BCUT2D eigenvalue weighted by Crippen LogP contribution is 2.32. The number of nitrogens with zero attached hydrogens (tertiary/aromatic N) is 2. The van der Waals surface area contributed by atoms with Crippen molar-refractivity contribution in [3.8, 4) is 0 Å². The van der Waals surface area contributed by atoms with Crippen LogP contribution in [0.15, 0.2) is 48.5 Å². The molecule has 2 amide bonds. The zero-order valence-corrected chi connectivity index (χ0v) is 15.8. The van der Waals surface area contributed by atoms with Crippen molar-refractivity contribution in [1.29, 1.82) is 0 Å². The van der Waals surface area contributed by atoms with Crippen molar-refractivity contribution in [3.63, 3.8) is 0 Å². The first kappa shape index (κ1) is 18.2. The van der Waals surface area contributed by atoms with Gasteiger partial charge in [-0.15, -0.1) is 0 Å². The summed E-state index contributed by atoms with van der Waals surface area (Å²) in [7, 11) is 0. The second-order valence-corrected chi connectivity index (χ2v) is 7.04. The van der Waals surface area contributed by atoms with Gasteiger partial charge < -0.3 is 14.5 Å². The zero-order chi connectivity index (χ0) is 19.7. The van der Waals surface area contributed by atoms with Crippen LogP contribution in [0.1, 0.15) is 29.3 Å². The van der Waals surface area contributed by atoms with E-state index in [0.29, 0.717) is 30.9 Å². The lowest BCUT2D eigenvalue weighted by atomic mass is 10.1. The molecule has 0 spiro atoms. The van der Waals surface area contributed by atoms with Gasteiger partial charge in [-0.3, -0.25) is 9.59 Å². The molecule has 6 nitrogen and oxygen atoms in total. The van der Waals surface area contributed by atoms with Gasteiger partial charge in [-0.2, -0.15) is 0 Å². The number of benzene rings is 2. The molecule has 1 fully saturated rings. The topological polar surface area (TPSA) is 66.9 Å². The summed E-state index contributed by atoms with van der Waals surface area (Å²) in [5.41, 5.74) is 3.26. The number of hydrogen-bond donors (Lipinski definition) is 0. The smallest absolute Gasteiger partial charge is 0.338 e. The van der Waals surface area contributed by atoms with Gasteiger partial charge in [0, 0.05) is 30.9 Å². The molecule has 28 heavy (non-hydrogen) atoms. The summed E-state index contributed by atoms with van der Waals surface area (Å²) < 4.78 is 4.98. The van der Waals surface area contributed by atoms with Crippen LogP contribution in [0.3, 0.4) is 0 Å². The van der Waals surface area contributed by atoms with Crippen LogP contribution in [-0.2, 0) is 20.7 Å². The summed E-state index contributed by atoms with van der Waals surface area (Å²) in [5, 5.41) is 0. The Morgan fingerprint density at radius 3 is 2.61 bits per heavy atom. The van der Waals surface area contributed by atoms with Gasteiger partial charge in [-0.1, -0.05) is 18.2 Å². The van der Waals surface area contributed by atoms with E-state index < -0.39 is 0 Å². The lowest BCUT2D eigenvalue weighted by Crippen LogP contribution is -2.36. The SMILES string of the molecule is CCOC(=O)c1ccc(N2CC(C(=O)N3CCc4ccccc43)CC2=O)cc1.